The number of halogens is 1. The van der Waals surface area contributed by atoms with Gasteiger partial charge in [0.1, 0.15) is 6.61 Å². The second-order valence-electron chi connectivity index (χ2n) is 5.30. The minimum Gasteiger partial charge on any atom is -0.484 e. The van der Waals surface area contributed by atoms with E-state index in [9.17, 15) is 9.18 Å². The lowest BCUT2D eigenvalue weighted by Gasteiger charge is -2.05. The van der Waals surface area contributed by atoms with Crippen molar-refractivity contribution in [1.29, 1.82) is 0 Å². The zero-order chi connectivity index (χ0) is 16.8. The molecule has 4 heteroatoms. The molecule has 0 bridgehead atoms. The molecule has 0 spiro atoms. The molecule has 0 saturated heterocycles. The molecule has 120 valence electrons. The number of carbonyl (C=O) groups excluding carboxylic acids is 1. The van der Waals surface area contributed by atoms with E-state index in [0.717, 1.165) is 0 Å². The number of ketones is 1. The van der Waals surface area contributed by atoms with Crippen LogP contribution < -0.4 is 9.30 Å². The number of pyridine rings is 1. The van der Waals surface area contributed by atoms with Crippen molar-refractivity contribution in [1.82, 2.24) is 0 Å². The zero-order valence-electron chi connectivity index (χ0n) is 13.1. The summed E-state index contributed by atoms with van der Waals surface area (Å²) in [4.78, 5) is 12.3. The van der Waals surface area contributed by atoms with E-state index in [-0.39, 0.29) is 17.3 Å². The Labute approximate surface area is 140 Å². The molecule has 3 nitrogen and oxygen atoms in total. The predicted molar refractivity (Wildman–Crippen MR) is 88.4 cm³/mol. The van der Waals surface area contributed by atoms with Gasteiger partial charge in [0.15, 0.2) is 36.3 Å². The van der Waals surface area contributed by atoms with Gasteiger partial charge >= 0.3 is 0 Å². The first-order chi connectivity index (χ1) is 11.7. The molecule has 24 heavy (non-hydrogen) atoms. The van der Waals surface area contributed by atoms with Crippen molar-refractivity contribution in [3.63, 3.8) is 0 Å². The van der Waals surface area contributed by atoms with Gasteiger partial charge in [-0.3, -0.25) is 4.79 Å². The number of para-hydroxylation sites is 1. The molecular weight excluding hydrogens is 305 g/mol. The Hall–Kier alpha value is -3.01. The normalized spacial score (nSPS) is 10.4. The summed E-state index contributed by atoms with van der Waals surface area (Å²) >= 11 is 0. The highest BCUT2D eigenvalue weighted by atomic mass is 19.1. The number of ether oxygens (including phenoxy) is 1. The summed E-state index contributed by atoms with van der Waals surface area (Å²) in [5.74, 6) is -0.134. The molecular formula is C20H17FNO2+. The second kappa shape index (κ2) is 7.51. The summed E-state index contributed by atoms with van der Waals surface area (Å²) < 4.78 is 20.8. The molecule has 0 radical (unpaired) electrons. The summed E-state index contributed by atoms with van der Waals surface area (Å²) in [5.41, 5.74) is 1.30. The molecule has 3 aromatic rings. The fourth-order valence-electron chi connectivity index (χ4n) is 2.34. The van der Waals surface area contributed by atoms with Crippen molar-refractivity contribution in [2.24, 2.45) is 0 Å². The van der Waals surface area contributed by atoms with Crippen molar-refractivity contribution < 1.29 is 18.5 Å². The van der Waals surface area contributed by atoms with Crippen LogP contribution in [0.25, 0.3) is 0 Å². The minimum atomic E-state index is -0.369. The number of hydrogen-bond acceptors (Lipinski definition) is 2. The molecule has 0 amide bonds. The lowest BCUT2D eigenvalue weighted by atomic mass is 10.0. The third-order valence-corrected chi connectivity index (χ3v) is 3.63. The van der Waals surface area contributed by atoms with Crippen LogP contribution in [0.3, 0.4) is 0 Å². The van der Waals surface area contributed by atoms with E-state index in [1.807, 2.05) is 35.2 Å². The Morgan fingerprint density at radius 3 is 2.21 bits per heavy atom. The Bertz CT molecular complexity index is 817. The van der Waals surface area contributed by atoms with Crippen LogP contribution >= 0.6 is 0 Å². The first-order valence-electron chi connectivity index (χ1n) is 7.70. The molecule has 0 N–H and O–H groups in total. The van der Waals surface area contributed by atoms with Gasteiger partial charge in [-0.25, -0.2) is 8.96 Å². The van der Waals surface area contributed by atoms with Gasteiger partial charge in [-0.2, -0.15) is 0 Å². The van der Waals surface area contributed by atoms with Gasteiger partial charge in [0.05, 0.1) is 0 Å². The third-order valence-electron chi connectivity index (χ3n) is 3.63. The largest absolute Gasteiger partial charge is 0.484 e. The summed E-state index contributed by atoms with van der Waals surface area (Å²) in [5, 5.41) is 0. The lowest BCUT2D eigenvalue weighted by Crippen LogP contribution is -2.36. The maximum absolute atomic E-state index is 13.4. The molecule has 0 unspecified atom stereocenters. The third kappa shape index (κ3) is 3.84. The highest BCUT2D eigenvalue weighted by Gasteiger charge is 2.10. The second-order valence-corrected chi connectivity index (χ2v) is 5.30. The van der Waals surface area contributed by atoms with Crippen LogP contribution in [0.5, 0.6) is 5.75 Å². The minimum absolute atomic E-state index is 0.00893. The first-order valence-corrected chi connectivity index (χ1v) is 7.70. The summed E-state index contributed by atoms with van der Waals surface area (Å²) in [6, 6.07) is 19.0. The number of rotatable bonds is 6. The number of aromatic nitrogens is 1. The summed E-state index contributed by atoms with van der Waals surface area (Å²) in [7, 11) is 0. The standard InChI is InChI=1S/C20H17FNO2/c21-18-8-4-5-9-19(18)24-15-14-22-12-10-17(11-13-22)20(23)16-6-2-1-3-7-16/h1-13H,14-15H2/q+1. The van der Waals surface area contributed by atoms with Gasteiger partial charge in [-0.05, 0) is 12.1 Å². The Kier molecular flexibility index (Phi) is 4.96. The summed E-state index contributed by atoms with van der Waals surface area (Å²) in [6.07, 6.45) is 3.64. The van der Waals surface area contributed by atoms with E-state index in [1.165, 1.54) is 6.07 Å². The van der Waals surface area contributed by atoms with Gasteiger partial charge < -0.3 is 4.74 Å². The fraction of sp³-hybridized carbons (Fsp3) is 0.100. The monoisotopic (exact) mass is 322 g/mol. The van der Waals surface area contributed by atoms with E-state index >= 15 is 0 Å². The quantitative estimate of drug-likeness (QED) is 0.514. The number of hydrogen-bond donors (Lipinski definition) is 0. The van der Waals surface area contributed by atoms with Crippen molar-refractivity contribution in [2.75, 3.05) is 6.61 Å². The predicted octanol–water partition coefficient (Wildman–Crippen LogP) is 3.42. The highest BCUT2D eigenvalue weighted by Crippen LogP contribution is 2.14. The van der Waals surface area contributed by atoms with Crippen LogP contribution in [0.2, 0.25) is 0 Å². The fourth-order valence-corrected chi connectivity index (χ4v) is 2.34. The molecule has 0 fully saturated rings. The molecule has 0 aliphatic rings. The van der Waals surface area contributed by atoms with E-state index < -0.39 is 0 Å². The maximum Gasteiger partial charge on any atom is 0.193 e. The van der Waals surface area contributed by atoms with E-state index in [0.29, 0.717) is 24.3 Å². The molecule has 0 aliphatic carbocycles. The van der Waals surface area contributed by atoms with Crippen molar-refractivity contribution in [3.8, 4) is 5.75 Å². The van der Waals surface area contributed by atoms with E-state index in [2.05, 4.69) is 0 Å². The van der Waals surface area contributed by atoms with Crippen LogP contribution in [0.1, 0.15) is 15.9 Å². The van der Waals surface area contributed by atoms with Crippen LogP contribution in [0, 0.1) is 5.82 Å². The van der Waals surface area contributed by atoms with Crippen LogP contribution in [0.4, 0.5) is 4.39 Å². The molecule has 2 aromatic carbocycles. The van der Waals surface area contributed by atoms with E-state index in [4.69, 9.17) is 4.74 Å². The van der Waals surface area contributed by atoms with Crippen LogP contribution in [0.15, 0.2) is 79.1 Å². The Morgan fingerprint density at radius 1 is 0.875 bits per heavy atom. The Morgan fingerprint density at radius 2 is 1.50 bits per heavy atom. The molecule has 1 heterocycles. The van der Waals surface area contributed by atoms with Crippen molar-refractivity contribution >= 4 is 5.78 Å². The van der Waals surface area contributed by atoms with Gasteiger partial charge in [0.2, 0.25) is 0 Å². The summed E-state index contributed by atoms with van der Waals surface area (Å²) in [6.45, 7) is 0.908. The van der Waals surface area contributed by atoms with Crippen LogP contribution in [-0.4, -0.2) is 12.4 Å². The molecule has 1 aromatic heterocycles. The maximum atomic E-state index is 13.4. The van der Waals surface area contributed by atoms with Gasteiger partial charge in [0.25, 0.3) is 0 Å². The average molecular weight is 322 g/mol. The lowest BCUT2D eigenvalue weighted by molar-refractivity contribution is -0.697. The van der Waals surface area contributed by atoms with Gasteiger partial charge in [-0.15, -0.1) is 0 Å². The van der Waals surface area contributed by atoms with Crippen molar-refractivity contribution in [2.45, 2.75) is 6.54 Å². The van der Waals surface area contributed by atoms with Crippen LogP contribution in [-0.2, 0) is 6.54 Å². The Balaban J connectivity index is 1.59. The number of benzene rings is 2. The molecule has 0 saturated carbocycles. The van der Waals surface area contributed by atoms with Gasteiger partial charge in [-0.1, -0.05) is 42.5 Å². The number of nitrogens with zero attached hydrogens (tertiary/aromatic N) is 1. The zero-order valence-corrected chi connectivity index (χ0v) is 13.1. The smallest absolute Gasteiger partial charge is 0.193 e. The SMILES string of the molecule is O=C(c1ccccc1)c1cc[n+](CCOc2ccccc2F)cc1. The van der Waals surface area contributed by atoms with E-state index in [1.54, 1.807) is 42.5 Å². The average Bonchev–Trinajstić information content (AvgIpc) is 2.64. The molecule has 0 aliphatic heterocycles. The van der Waals surface area contributed by atoms with Crippen molar-refractivity contribution in [3.05, 3.63) is 96.1 Å². The topological polar surface area (TPSA) is 30.2 Å². The highest BCUT2D eigenvalue weighted by molar-refractivity contribution is 6.08. The number of carbonyl (C=O) groups is 1. The molecule has 3 rings (SSSR count). The first kappa shape index (κ1) is 15.9. The molecule has 0 atom stereocenters. The van der Waals surface area contributed by atoms with Gasteiger partial charge in [0, 0.05) is 23.3 Å².